The molecule has 0 saturated heterocycles. The lowest BCUT2D eigenvalue weighted by Crippen LogP contribution is -2.07. The van der Waals surface area contributed by atoms with Gasteiger partial charge in [0.15, 0.2) is 11.6 Å². The highest BCUT2D eigenvalue weighted by atomic mass is 15.0. The second-order valence-electron chi connectivity index (χ2n) is 23.2. The Hall–Kier alpha value is -12.4. The lowest BCUT2D eigenvalue weighted by Gasteiger charge is -2.28. The van der Waals surface area contributed by atoms with Gasteiger partial charge in [0.1, 0.15) is 0 Å². The first-order valence-corrected chi connectivity index (χ1v) is 31.2. The van der Waals surface area contributed by atoms with Crippen LogP contribution in [0.4, 0.5) is 0 Å². The third kappa shape index (κ3) is 9.45. The van der Waals surface area contributed by atoms with Gasteiger partial charge in [-0.2, -0.15) is 0 Å². The van der Waals surface area contributed by atoms with Gasteiger partial charge in [-0.25, -0.2) is 19.9 Å². The lowest BCUT2D eigenvalue weighted by atomic mass is 9.76. The first kappa shape index (κ1) is 53.8. The highest BCUT2D eigenvalue weighted by molar-refractivity contribution is 6.18. The predicted octanol–water partition coefficient (Wildman–Crippen LogP) is 22.1. The quantitative estimate of drug-likeness (QED) is 0.122. The average molecular weight is 1170 g/mol. The van der Waals surface area contributed by atoms with Gasteiger partial charge >= 0.3 is 0 Å². The number of benzene rings is 13. The molecule has 0 unspecified atom stereocenters. The molecular weight excluding hydrogens is 1120 g/mol. The zero-order valence-electron chi connectivity index (χ0n) is 50.0. The Morgan fingerprint density at radius 1 is 0.174 bits per heavy atom. The summed E-state index contributed by atoms with van der Waals surface area (Å²) in [5.74, 6) is 1.05. The normalized spacial score (nSPS) is 11.5. The molecule has 17 aromatic rings. The number of nitrogens with zero attached hydrogens (tertiary/aromatic N) is 6. The zero-order chi connectivity index (χ0) is 60.9. The van der Waals surface area contributed by atoms with Crippen LogP contribution in [0.1, 0.15) is 0 Å². The van der Waals surface area contributed by atoms with E-state index in [1.165, 1.54) is 0 Å². The van der Waals surface area contributed by atoms with Crippen molar-refractivity contribution in [3.63, 3.8) is 0 Å². The number of rotatable bonds is 12. The van der Waals surface area contributed by atoms with Crippen LogP contribution in [-0.2, 0) is 0 Å². The highest BCUT2D eigenvalue weighted by Gasteiger charge is 2.34. The van der Waals surface area contributed by atoms with Crippen LogP contribution in [0.5, 0.6) is 0 Å². The van der Waals surface area contributed by atoms with E-state index in [1.54, 1.807) is 0 Å². The fourth-order valence-corrected chi connectivity index (χ4v) is 13.7. The van der Waals surface area contributed by atoms with Gasteiger partial charge in [0, 0.05) is 77.4 Å². The van der Waals surface area contributed by atoms with Crippen molar-refractivity contribution in [2.45, 2.75) is 0 Å². The topological polar surface area (TPSA) is 61.4 Å². The fourth-order valence-electron chi connectivity index (χ4n) is 13.7. The molecule has 0 amide bonds. The molecule has 0 radical (unpaired) electrons. The molecule has 17 rings (SSSR count). The Bertz CT molecular complexity index is 5460. The van der Waals surface area contributed by atoms with Crippen molar-refractivity contribution in [2.24, 2.45) is 0 Å². The van der Waals surface area contributed by atoms with Crippen LogP contribution in [-0.4, -0.2) is 29.1 Å². The fraction of sp³-hybridized carbons (Fsp3) is 0. The molecule has 6 heteroatoms. The van der Waals surface area contributed by atoms with E-state index in [0.717, 1.165) is 156 Å². The molecule has 0 aliphatic carbocycles. The van der Waals surface area contributed by atoms with Gasteiger partial charge in [0.25, 0.3) is 0 Å². The number of para-hydroxylation sites is 4. The Labute approximate surface area is 533 Å². The van der Waals surface area contributed by atoms with Crippen molar-refractivity contribution >= 4 is 43.6 Å². The summed E-state index contributed by atoms with van der Waals surface area (Å²) < 4.78 is 4.78. The summed E-state index contributed by atoms with van der Waals surface area (Å²) in [5.41, 5.74) is 23.1. The van der Waals surface area contributed by atoms with Gasteiger partial charge in [-0.15, -0.1) is 0 Å². The van der Waals surface area contributed by atoms with Crippen LogP contribution in [0.15, 0.2) is 340 Å². The van der Waals surface area contributed by atoms with Gasteiger partial charge in [-0.05, 0) is 106 Å². The van der Waals surface area contributed by atoms with Crippen LogP contribution in [0.2, 0.25) is 0 Å². The number of aromatic nitrogens is 6. The Morgan fingerprint density at radius 2 is 0.424 bits per heavy atom. The van der Waals surface area contributed by atoms with Crippen molar-refractivity contribution in [1.29, 1.82) is 0 Å². The number of fused-ring (bicyclic) bond motifs is 6. The minimum Gasteiger partial charge on any atom is -0.309 e. The van der Waals surface area contributed by atoms with Crippen molar-refractivity contribution in [3.8, 4) is 124 Å². The predicted molar refractivity (Wildman–Crippen MR) is 381 cm³/mol. The second-order valence-corrected chi connectivity index (χ2v) is 23.2. The monoisotopic (exact) mass is 1170 g/mol. The van der Waals surface area contributed by atoms with E-state index >= 15 is 0 Å². The van der Waals surface area contributed by atoms with Crippen molar-refractivity contribution in [1.82, 2.24) is 29.1 Å². The Morgan fingerprint density at radius 3 is 0.761 bits per heavy atom. The summed E-state index contributed by atoms with van der Waals surface area (Å²) >= 11 is 0. The summed E-state index contributed by atoms with van der Waals surface area (Å²) in [7, 11) is 0. The van der Waals surface area contributed by atoms with E-state index < -0.39 is 0 Å². The largest absolute Gasteiger partial charge is 0.309 e. The zero-order valence-corrected chi connectivity index (χ0v) is 50.0. The number of hydrogen-bond donors (Lipinski definition) is 0. The van der Waals surface area contributed by atoms with E-state index in [4.69, 9.17) is 19.9 Å². The number of hydrogen-bond acceptors (Lipinski definition) is 4. The van der Waals surface area contributed by atoms with E-state index in [1.807, 2.05) is 0 Å². The van der Waals surface area contributed by atoms with E-state index in [2.05, 4.69) is 349 Å². The summed E-state index contributed by atoms with van der Waals surface area (Å²) in [6.45, 7) is 0. The van der Waals surface area contributed by atoms with Crippen LogP contribution in [0, 0.1) is 0 Å². The van der Waals surface area contributed by atoms with Gasteiger partial charge in [0.05, 0.1) is 44.8 Å². The third-order valence-electron chi connectivity index (χ3n) is 17.8. The van der Waals surface area contributed by atoms with E-state index in [9.17, 15) is 0 Å². The highest BCUT2D eigenvalue weighted by Crippen LogP contribution is 2.57. The molecule has 0 bridgehead atoms. The summed E-state index contributed by atoms with van der Waals surface area (Å²) in [6.07, 6.45) is 0. The summed E-state index contributed by atoms with van der Waals surface area (Å²) in [4.78, 5) is 23.6. The first-order valence-electron chi connectivity index (χ1n) is 31.2. The molecule has 0 spiro atoms. The maximum atomic E-state index is 5.91. The molecule has 6 nitrogen and oxygen atoms in total. The molecule has 0 N–H and O–H groups in total. The maximum absolute atomic E-state index is 5.91. The molecule has 4 aromatic heterocycles. The molecule has 0 fully saturated rings. The molecule has 13 aromatic carbocycles. The van der Waals surface area contributed by atoms with Gasteiger partial charge in [0.2, 0.25) is 0 Å². The molecule has 92 heavy (non-hydrogen) atoms. The average Bonchev–Trinajstić information content (AvgIpc) is 0.981. The molecular formula is C86H56N6. The van der Waals surface area contributed by atoms with Crippen molar-refractivity contribution < 1.29 is 0 Å². The Balaban J connectivity index is 1.13. The first-order chi connectivity index (χ1) is 45.7. The van der Waals surface area contributed by atoms with Crippen LogP contribution in [0.25, 0.3) is 167 Å². The van der Waals surface area contributed by atoms with Gasteiger partial charge < -0.3 is 9.13 Å². The summed E-state index contributed by atoms with van der Waals surface area (Å²) in [6, 6.07) is 121. The molecule has 0 aliphatic rings. The van der Waals surface area contributed by atoms with Crippen molar-refractivity contribution in [2.75, 3.05) is 0 Å². The van der Waals surface area contributed by atoms with Crippen molar-refractivity contribution in [3.05, 3.63) is 340 Å². The third-order valence-corrected chi connectivity index (χ3v) is 17.8. The smallest absolute Gasteiger partial charge is 0.161 e. The lowest BCUT2D eigenvalue weighted by molar-refractivity contribution is 1.16. The molecule has 0 saturated carbocycles. The molecule has 0 aliphatic heterocycles. The minimum absolute atomic E-state index is 0.525. The van der Waals surface area contributed by atoms with Crippen LogP contribution in [0.3, 0.4) is 0 Å². The van der Waals surface area contributed by atoms with Crippen LogP contribution < -0.4 is 0 Å². The Kier molecular flexibility index (Phi) is 13.4. The minimum atomic E-state index is 0.525. The van der Waals surface area contributed by atoms with E-state index in [-0.39, 0.29) is 0 Å². The van der Waals surface area contributed by atoms with Crippen LogP contribution >= 0.6 is 0 Å². The second kappa shape index (κ2) is 23.0. The summed E-state index contributed by atoms with van der Waals surface area (Å²) in [5, 5.41) is 4.52. The molecule has 430 valence electrons. The van der Waals surface area contributed by atoms with E-state index in [0.29, 0.717) is 11.6 Å². The standard InChI is InChI=1S/C86H56N6/c1-9-29-57(30-10-1)71-55-72(58-31-11-2-12-32-58)88-85(87-71)83-80(62-39-19-6-20-40-62)79(61-37-17-5-18-38-61)81(63-49-51-77-69(53-63)67-45-25-27-47-75(67)91(77)65-41-21-7-22-42-65)82(64-50-52-78-70(54-64)68-46-26-28-48-76(68)92(78)66-43-23-8-24-44-66)84(83)86-89-73(59-33-13-3-14-34-59)56-74(90-86)60-35-15-4-16-36-60/h1-56H. The van der Waals surface area contributed by atoms with Gasteiger partial charge in [-0.3, -0.25) is 0 Å². The van der Waals surface area contributed by atoms with Gasteiger partial charge in [-0.1, -0.05) is 267 Å². The SMILES string of the molecule is c1ccc(-c2cc(-c3ccccc3)nc(-c3c(-c4ccccc4)c(-c4ccccc4)c(-c4ccc5c(c4)c4ccccc4n5-c4ccccc4)c(-c4ccc5c(c4)c4ccccc4n5-c4ccccc4)c3-c3nc(-c4ccccc4)cc(-c4ccccc4)n3)n2)cc1. The molecule has 0 atom stereocenters. The maximum Gasteiger partial charge on any atom is 0.161 e. The molecule has 4 heterocycles.